The van der Waals surface area contributed by atoms with E-state index in [1.54, 1.807) is 10.7 Å². The molecular weight excluding hydrogens is 292 g/mol. The fourth-order valence-corrected chi connectivity index (χ4v) is 3.01. The molecule has 0 saturated carbocycles. The van der Waals surface area contributed by atoms with Crippen LogP contribution in [0.15, 0.2) is 30.5 Å². The molecule has 2 amide bonds. The number of carbonyl (C=O) groups excluding carboxylic acids is 2. The standard InChI is InChI=1S/C17H20N4O2/c1-11-4-2-5-12(8-11)17(23)19-14-7-3-6-13-9-21(10-15(18)22)20-16(13)14/h2,4-5,8-9,14H,3,6-7,10H2,1H3,(H2,18,22)(H,19,23)/t14-/m0/s1. The summed E-state index contributed by atoms with van der Waals surface area (Å²) in [6, 6.07) is 7.38. The highest BCUT2D eigenvalue weighted by molar-refractivity contribution is 5.94. The van der Waals surface area contributed by atoms with E-state index >= 15 is 0 Å². The number of amides is 2. The topological polar surface area (TPSA) is 90.0 Å². The molecule has 0 spiro atoms. The predicted molar refractivity (Wildman–Crippen MR) is 85.7 cm³/mol. The van der Waals surface area contributed by atoms with Crippen LogP contribution in [0.2, 0.25) is 0 Å². The number of aryl methyl sites for hydroxylation is 2. The molecule has 120 valence electrons. The Balaban J connectivity index is 1.78. The number of nitrogens with zero attached hydrogens (tertiary/aromatic N) is 2. The van der Waals surface area contributed by atoms with Crippen LogP contribution in [0.3, 0.4) is 0 Å². The summed E-state index contributed by atoms with van der Waals surface area (Å²) in [6.45, 7) is 2.02. The van der Waals surface area contributed by atoms with Crippen molar-refractivity contribution in [1.82, 2.24) is 15.1 Å². The summed E-state index contributed by atoms with van der Waals surface area (Å²) in [6.07, 6.45) is 4.59. The Labute approximate surface area is 134 Å². The molecule has 1 aliphatic rings. The fourth-order valence-electron chi connectivity index (χ4n) is 3.01. The number of hydrogen-bond acceptors (Lipinski definition) is 3. The number of primary amides is 1. The summed E-state index contributed by atoms with van der Waals surface area (Å²) in [5, 5.41) is 7.49. The van der Waals surface area contributed by atoms with Crippen LogP contribution in [0.1, 0.15) is 46.1 Å². The first kappa shape index (κ1) is 15.3. The predicted octanol–water partition coefficient (Wildman–Crippen LogP) is 1.48. The van der Waals surface area contributed by atoms with Crippen LogP contribution < -0.4 is 11.1 Å². The van der Waals surface area contributed by atoms with Gasteiger partial charge in [0.15, 0.2) is 0 Å². The fraction of sp³-hybridized carbons (Fsp3) is 0.353. The van der Waals surface area contributed by atoms with Crippen LogP contribution in [0.5, 0.6) is 0 Å². The maximum Gasteiger partial charge on any atom is 0.251 e. The van der Waals surface area contributed by atoms with Crippen LogP contribution in [0, 0.1) is 6.92 Å². The van der Waals surface area contributed by atoms with Crippen LogP contribution in [0.4, 0.5) is 0 Å². The van der Waals surface area contributed by atoms with Crippen molar-refractivity contribution < 1.29 is 9.59 Å². The van der Waals surface area contributed by atoms with E-state index in [9.17, 15) is 9.59 Å². The van der Waals surface area contributed by atoms with Gasteiger partial charge in [0.05, 0.1) is 11.7 Å². The van der Waals surface area contributed by atoms with Gasteiger partial charge in [0.1, 0.15) is 6.54 Å². The molecule has 2 aromatic rings. The smallest absolute Gasteiger partial charge is 0.251 e. The van der Waals surface area contributed by atoms with E-state index in [0.29, 0.717) is 5.56 Å². The first-order valence-electron chi connectivity index (χ1n) is 7.75. The Kier molecular flexibility index (Phi) is 4.14. The minimum atomic E-state index is -0.426. The Hall–Kier alpha value is -2.63. The average Bonchev–Trinajstić information content (AvgIpc) is 2.89. The largest absolute Gasteiger partial charge is 0.368 e. The van der Waals surface area contributed by atoms with Gasteiger partial charge in [0.25, 0.3) is 5.91 Å². The molecular formula is C17H20N4O2. The highest BCUT2D eigenvalue weighted by atomic mass is 16.2. The summed E-state index contributed by atoms with van der Waals surface area (Å²) in [4.78, 5) is 23.5. The van der Waals surface area contributed by atoms with Gasteiger partial charge in [-0.15, -0.1) is 0 Å². The highest BCUT2D eigenvalue weighted by Gasteiger charge is 2.26. The van der Waals surface area contributed by atoms with Crippen molar-refractivity contribution in [3.05, 3.63) is 52.8 Å². The summed E-state index contributed by atoms with van der Waals surface area (Å²) < 4.78 is 1.56. The van der Waals surface area contributed by atoms with Crippen molar-refractivity contribution in [2.75, 3.05) is 0 Å². The molecule has 0 unspecified atom stereocenters. The van der Waals surface area contributed by atoms with E-state index in [-0.39, 0.29) is 18.5 Å². The molecule has 0 bridgehead atoms. The van der Waals surface area contributed by atoms with Gasteiger partial charge in [-0.05, 0) is 43.9 Å². The van der Waals surface area contributed by atoms with E-state index in [4.69, 9.17) is 5.73 Å². The Bertz CT molecular complexity index is 751. The molecule has 1 aromatic carbocycles. The highest BCUT2D eigenvalue weighted by Crippen LogP contribution is 2.28. The van der Waals surface area contributed by atoms with Gasteiger partial charge in [0, 0.05) is 11.8 Å². The monoisotopic (exact) mass is 312 g/mol. The number of benzene rings is 1. The lowest BCUT2D eigenvalue weighted by Crippen LogP contribution is -2.31. The molecule has 23 heavy (non-hydrogen) atoms. The lowest BCUT2D eigenvalue weighted by molar-refractivity contribution is -0.118. The maximum atomic E-state index is 12.4. The molecule has 0 radical (unpaired) electrons. The van der Waals surface area contributed by atoms with Crippen molar-refractivity contribution in [1.29, 1.82) is 0 Å². The van der Waals surface area contributed by atoms with E-state index in [2.05, 4.69) is 10.4 Å². The van der Waals surface area contributed by atoms with E-state index in [0.717, 1.165) is 36.1 Å². The third-order valence-corrected chi connectivity index (χ3v) is 4.04. The van der Waals surface area contributed by atoms with E-state index in [1.807, 2.05) is 31.3 Å². The zero-order valence-corrected chi connectivity index (χ0v) is 13.1. The quantitative estimate of drug-likeness (QED) is 0.896. The lowest BCUT2D eigenvalue weighted by Gasteiger charge is -2.22. The molecule has 1 heterocycles. The van der Waals surface area contributed by atoms with E-state index < -0.39 is 5.91 Å². The number of aromatic nitrogens is 2. The van der Waals surface area contributed by atoms with Gasteiger partial charge in [-0.2, -0.15) is 5.10 Å². The third kappa shape index (κ3) is 3.41. The second kappa shape index (κ2) is 6.24. The lowest BCUT2D eigenvalue weighted by atomic mass is 9.93. The summed E-state index contributed by atoms with van der Waals surface area (Å²) in [5.74, 6) is -0.527. The Morgan fingerprint density at radius 2 is 2.26 bits per heavy atom. The Morgan fingerprint density at radius 1 is 1.43 bits per heavy atom. The van der Waals surface area contributed by atoms with Gasteiger partial charge >= 0.3 is 0 Å². The number of nitrogens with two attached hydrogens (primary N) is 1. The molecule has 3 N–H and O–H groups in total. The van der Waals surface area contributed by atoms with Crippen LogP contribution in [-0.2, 0) is 17.8 Å². The minimum Gasteiger partial charge on any atom is -0.368 e. The summed E-state index contributed by atoms with van der Waals surface area (Å²) in [7, 11) is 0. The number of hydrogen-bond donors (Lipinski definition) is 2. The molecule has 6 heteroatoms. The van der Waals surface area contributed by atoms with Crippen molar-refractivity contribution in [3.8, 4) is 0 Å². The van der Waals surface area contributed by atoms with Crippen LogP contribution in [-0.4, -0.2) is 21.6 Å². The molecule has 0 saturated heterocycles. The van der Waals surface area contributed by atoms with Gasteiger partial charge in [-0.3, -0.25) is 14.3 Å². The number of fused-ring (bicyclic) bond motifs is 1. The van der Waals surface area contributed by atoms with Crippen molar-refractivity contribution in [2.24, 2.45) is 5.73 Å². The molecule has 3 rings (SSSR count). The zero-order valence-electron chi connectivity index (χ0n) is 13.1. The van der Waals surface area contributed by atoms with Gasteiger partial charge in [-0.25, -0.2) is 0 Å². The van der Waals surface area contributed by atoms with Gasteiger partial charge < -0.3 is 11.1 Å². The third-order valence-electron chi connectivity index (χ3n) is 4.04. The maximum absolute atomic E-state index is 12.4. The van der Waals surface area contributed by atoms with Crippen LogP contribution in [0.25, 0.3) is 0 Å². The molecule has 1 aromatic heterocycles. The number of nitrogens with one attached hydrogen (secondary N) is 1. The summed E-state index contributed by atoms with van der Waals surface area (Å²) in [5.41, 5.74) is 8.84. The van der Waals surface area contributed by atoms with Crippen LogP contribution >= 0.6 is 0 Å². The molecule has 0 aliphatic heterocycles. The molecule has 6 nitrogen and oxygen atoms in total. The molecule has 0 fully saturated rings. The second-order valence-corrected chi connectivity index (χ2v) is 5.99. The van der Waals surface area contributed by atoms with Crippen molar-refractivity contribution in [3.63, 3.8) is 0 Å². The van der Waals surface area contributed by atoms with Gasteiger partial charge in [-0.1, -0.05) is 17.7 Å². The zero-order chi connectivity index (χ0) is 16.4. The molecule has 1 aliphatic carbocycles. The number of rotatable bonds is 4. The number of carbonyl (C=O) groups is 2. The SMILES string of the molecule is Cc1cccc(C(=O)N[C@H]2CCCc3cn(CC(N)=O)nc32)c1. The Morgan fingerprint density at radius 3 is 3.00 bits per heavy atom. The normalized spacial score (nSPS) is 16.7. The first-order valence-corrected chi connectivity index (χ1v) is 7.75. The molecule has 1 atom stereocenters. The summed E-state index contributed by atoms with van der Waals surface area (Å²) >= 11 is 0. The first-order chi connectivity index (χ1) is 11.0. The second-order valence-electron chi connectivity index (χ2n) is 5.99. The average molecular weight is 312 g/mol. The minimum absolute atomic E-state index is 0.0611. The van der Waals surface area contributed by atoms with Crippen molar-refractivity contribution in [2.45, 2.75) is 38.8 Å². The van der Waals surface area contributed by atoms with Crippen molar-refractivity contribution >= 4 is 11.8 Å². The van der Waals surface area contributed by atoms with Gasteiger partial charge in [0.2, 0.25) is 5.91 Å². The van der Waals surface area contributed by atoms with E-state index in [1.165, 1.54) is 0 Å².